The number of hydroxylamine groups is 1. The summed E-state index contributed by atoms with van der Waals surface area (Å²) < 4.78 is 0. The van der Waals surface area contributed by atoms with Crippen molar-refractivity contribution < 1.29 is 14.8 Å². The summed E-state index contributed by atoms with van der Waals surface area (Å²) in [6.45, 7) is 2.78. The first kappa shape index (κ1) is 18.3. The molecule has 6 heteroatoms. The monoisotopic (exact) mass is 333 g/mol. The summed E-state index contributed by atoms with van der Waals surface area (Å²) in [4.78, 5) is 25.3. The zero-order valence-electron chi connectivity index (χ0n) is 14.1. The summed E-state index contributed by atoms with van der Waals surface area (Å²) in [5, 5.41) is 11.3. The smallest absolute Gasteiger partial charge is 0.251 e. The van der Waals surface area contributed by atoms with E-state index in [0.717, 1.165) is 25.9 Å². The lowest BCUT2D eigenvalue weighted by molar-refractivity contribution is -0.129. The maximum atomic E-state index is 12.1. The van der Waals surface area contributed by atoms with Gasteiger partial charge in [-0.05, 0) is 56.4 Å². The van der Waals surface area contributed by atoms with E-state index in [1.54, 1.807) is 5.48 Å². The molecular weight excluding hydrogens is 306 g/mol. The second-order valence-corrected chi connectivity index (χ2v) is 6.20. The van der Waals surface area contributed by atoms with Crippen LogP contribution >= 0.6 is 0 Å². The predicted molar refractivity (Wildman–Crippen MR) is 93.2 cm³/mol. The normalized spacial score (nSPS) is 14.3. The number of rotatable bonds is 8. The van der Waals surface area contributed by atoms with Crippen LogP contribution in [0.25, 0.3) is 0 Å². The number of anilines is 1. The van der Waals surface area contributed by atoms with Gasteiger partial charge in [0.15, 0.2) is 0 Å². The summed E-state index contributed by atoms with van der Waals surface area (Å²) in [6.07, 6.45) is 6.44. The van der Waals surface area contributed by atoms with Gasteiger partial charge in [0.05, 0.1) is 0 Å². The molecule has 2 rings (SSSR count). The lowest BCUT2D eigenvalue weighted by atomic mass is 10.1. The van der Waals surface area contributed by atoms with Gasteiger partial charge in [0.1, 0.15) is 0 Å². The Kier molecular flexibility index (Phi) is 7.55. The Labute approximate surface area is 143 Å². The molecule has 24 heavy (non-hydrogen) atoms. The number of carbonyl (C=O) groups is 2. The number of nitrogens with zero attached hydrogens (tertiary/aromatic N) is 1. The molecule has 0 saturated carbocycles. The molecule has 0 aliphatic carbocycles. The molecule has 132 valence electrons. The van der Waals surface area contributed by atoms with E-state index in [0.29, 0.717) is 24.9 Å². The number of nitrogens with one attached hydrogen (secondary N) is 2. The quantitative estimate of drug-likeness (QED) is 0.388. The molecule has 0 spiro atoms. The molecule has 1 saturated heterocycles. The summed E-state index contributed by atoms with van der Waals surface area (Å²) in [6, 6.07) is 7.80. The SMILES string of the molecule is O=C(CCCCCNC(=O)c1ccc(N2CCCCC2)cc1)NO. The summed E-state index contributed by atoms with van der Waals surface area (Å²) in [5.74, 6) is -0.430. The predicted octanol–water partition coefficient (Wildman–Crippen LogP) is 2.47. The van der Waals surface area contributed by atoms with E-state index < -0.39 is 0 Å². The minimum absolute atomic E-state index is 0.0618. The number of unbranched alkanes of at least 4 members (excludes halogenated alkanes) is 2. The molecule has 1 aliphatic rings. The van der Waals surface area contributed by atoms with Crippen LogP contribution in [0.1, 0.15) is 55.3 Å². The van der Waals surface area contributed by atoms with Gasteiger partial charge in [-0.2, -0.15) is 0 Å². The highest BCUT2D eigenvalue weighted by Gasteiger charge is 2.11. The van der Waals surface area contributed by atoms with Crippen LogP contribution in [0.5, 0.6) is 0 Å². The Morgan fingerprint density at radius 1 is 1.00 bits per heavy atom. The third-order valence-electron chi connectivity index (χ3n) is 4.34. The third-order valence-corrected chi connectivity index (χ3v) is 4.34. The van der Waals surface area contributed by atoms with Crippen molar-refractivity contribution in [2.45, 2.75) is 44.9 Å². The fourth-order valence-electron chi connectivity index (χ4n) is 2.92. The molecule has 0 atom stereocenters. The van der Waals surface area contributed by atoms with Gasteiger partial charge in [-0.15, -0.1) is 0 Å². The van der Waals surface area contributed by atoms with Crippen LogP contribution < -0.4 is 15.7 Å². The maximum absolute atomic E-state index is 12.1. The number of carbonyl (C=O) groups excluding carboxylic acids is 2. The van der Waals surface area contributed by atoms with E-state index in [1.807, 2.05) is 24.3 Å². The van der Waals surface area contributed by atoms with Crippen LogP contribution in [-0.2, 0) is 4.79 Å². The van der Waals surface area contributed by atoms with Gasteiger partial charge in [-0.25, -0.2) is 5.48 Å². The first-order valence-electron chi connectivity index (χ1n) is 8.77. The van der Waals surface area contributed by atoms with E-state index in [4.69, 9.17) is 5.21 Å². The molecular formula is C18H27N3O3. The molecule has 1 aliphatic heterocycles. The minimum Gasteiger partial charge on any atom is -0.372 e. The Morgan fingerprint density at radius 2 is 1.71 bits per heavy atom. The van der Waals surface area contributed by atoms with Crippen LogP contribution in [0, 0.1) is 0 Å². The number of hydrogen-bond donors (Lipinski definition) is 3. The van der Waals surface area contributed by atoms with Crippen molar-refractivity contribution >= 4 is 17.5 Å². The van der Waals surface area contributed by atoms with E-state index in [-0.39, 0.29) is 11.8 Å². The van der Waals surface area contributed by atoms with Crippen molar-refractivity contribution in [3.05, 3.63) is 29.8 Å². The number of benzene rings is 1. The number of piperidine rings is 1. The summed E-state index contributed by atoms with van der Waals surface area (Å²) >= 11 is 0. The summed E-state index contributed by atoms with van der Waals surface area (Å²) in [5.41, 5.74) is 3.48. The summed E-state index contributed by atoms with van der Waals surface area (Å²) in [7, 11) is 0. The molecule has 0 radical (unpaired) electrons. The molecule has 1 fully saturated rings. The molecule has 1 heterocycles. The second kappa shape index (κ2) is 9.93. The van der Waals surface area contributed by atoms with Gasteiger partial charge in [0.2, 0.25) is 5.91 Å². The molecule has 1 aromatic rings. The first-order chi connectivity index (χ1) is 11.7. The lowest BCUT2D eigenvalue weighted by Gasteiger charge is -2.28. The fourth-order valence-corrected chi connectivity index (χ4v) is 2.92. The van der Waals surface area contributed by atoms with Crippen molar-refractivity contribution in [2.75, 3.05) is 24.5 Å². The van der Waals surface area contributed by atoms with E-state index in [9.17, 15) is 9.59 Å². The molecule has 0 aromatic heterocycles. The third kappa shape index (κ3) is 5.85. The van der Waals surface area contributed by atoms with E-state index in [1.165, 1.54) is 24.9 Å². The molecule has 2 amide bonds. The van der Waals surface area contributed by atoms with Gasteiger partial charge in [0, 0.05) is 37.3 Å². The standard InChI is InChI=1S/C18H27N3O3/c22-17(20-24)7-3-1-4-12-19-18(23)15-8-10-16(11-9-15)21-13-5-2-6-14-21/h8-11,24H,1-7,12-14H2,(H,19,23)(H,20,22). The topological polar surface area (TPSA) is 81.7 Å². The van der Waals surface area contributed by atoms with E-state index >= 15 is 0 Å². The van der Waals surface area contributed by atoms with Gasteiger partial charge in [0.25, 0.3) is 5.91 Å². The van der Waals surface area contributed by atoms with Crippen LogP contribution in [0.4, 0.5) is 5.69 Å². The molecule has 0 unspecified atom stereocenters. The van der Waals surface area contributed by atoms with Gasteiger partial charge in [-0.1, -0.05) is 6.42 Å². The van der Waals surface area contributed by atoms with Crippen LogP contribution in [-0.4, -0.2) is 36.7 Å². The maximum Gasteiger partial charge on any atom is 0.251 e. The Bertz CT molecular complexity index is 525. The molecule has 0 bridgehead atoms. The Morgan fingerprint density at radius 3 is 2.38 bits per heavy atom. The zero-order chi connectivity index (χ0) is 17.2. The van der Waals surface area contributed by atoms with Crippen molar-refractivity contribution in [1.82, 2.24) is 10.8 Å². The van der Waals surface area contributed by atoms with Gasteiger partial charge in [-0.3, -0.25) is 14.8 Å². The first-order valence-corrected chi connectivity index (χ1v) is 8.77. The van der Waals surface area contributed by atoms with Crippen LogP contribution in [0.15, 0.2) is 24.3 Å². The van der Waals surface area contributed by atoms with Crippen molar-refractivity contribution in [3.8, 4) is 0 Å². The van der Waals surface area contributed by atoms with Crippen molar-refractivity contribution in [3.63, 3.8) is 0 Å². The number of amides is 2. The Hall–Kier alpha value is -2.08. The Balaban J connectivity index is 1.67. The van der Waals surface area contributed by atoms with Crippen molar-refractivity contribution in [2.24, 2.45) is 0 Å². The molecule has 6 nitrogen and oxygen atoms in total. The second-order valence-electron chi connectivity index (χ2n) is 6.20. The fraction of sp³-hybridized carbons (Fsp3) is 0.556. The largest absolute Gasteiger partial charge is 0.372 e. The highest BCUT2D eigenvalue weighted by Crippen LogP contribution is 2.20. The molecule has 1 aromatic carbocycles. The van der Waals surface area contributed by atoms with E-state index in [2.05, 4.69) is 10.2 Å². The van der Waals surface area contributed by atoms with Crippen molar-refractivity contribution in [1.29, 1.82) is 0 Å². The van der Waals surface area contributed by atoms with Crippen LogP contribution in [0.2, 0.25) is 0 Å². The number of hydrogen-bond acceptors (Lipinski definition) is 4. The minimum atomic E-state index is -0.368. The highest BCUT2D eigenvalue weighted by atomic mass is 16.5. The average molecular weight is 333 g/mol. The average Bonchev–Trinajstić information content (AvgIpc) is 2.65. The molecule has 3 N–H and O–H groups in total. The van der Waals surface area contributed by atoms with Crippen LogP contribution in [0.3, 0.4) is 0 Å². The van der Waals surface area contributed by atoms with Gasteiger partial charge < -0.3 is 10.2 Å². The lowest BCUT2D eigenvalue weighted by Crippen LogP contribution is -2.29. The van der Waals surface area contributed by atoms with Gasteiger partial charge >= 0.3 is 0 Å². The zero-order valence-corrected chi connectivity index (χ0v) is 14.1. The highest BCUT2D eigenvalue weighted by molar-refractivity contribution is 5.94.